The number of carbonyl (C=O) groups excluding carboxylic acids is 2. The highest BCUT2D eigenvalue weighted by Crippen LogP contribution is 2.50. The fraction of sp³-hybridized carbons (Fsp3) is 0.348. The first-order valence-electron chi connectivity index (χ1n) is 10.5. The Kier molecular flexibility index (Phi) is 8.48. The fourth-order valence-electron chi connectivity index (χ4n) is 3.32. The van der Waals surface area contributed by atoms with Crippen LogP contribution in [0.15, 0.2) is 41.6 Å². The minimum atomic E-state index is -4.90. The van der Waals surface area contributed by atoms with E-state index < -0.39 is 35.6 Å². The molecule has 2 aromatic carbocycles. The zero-order chi connectivity index (χ0) is 27.8. The molecule has 1 atom stereocenters. The number of anilines is 1. The second-order valence-corrected chi connectivity index (χ2v) is 10.3. The number of benzene rings is 2. The number of oxime groups is 1. The number of hydrogen-bond acceptors (Lipinski definition) is 5. The molecular weight excluding hydrogens is 581 g/mol. The molecule has 1 aliphatic rings. The van der Waals surface area contributed by atoms with E-state index in [-0.39, 0.29) is 43.5 Å². The van der Waals surface area contributed by atoms with Gasteiger partial charge in [-0.05, 0) is 44.2 Å². The van der Waals surface area contributed by atoms with Gasteiger partial charge in [0.05, 0.1) is 28.9 Å². The van der Waals surface area contributed by atoms with Crippen LogP contribution >= 0.6 is 46.4 Å². The Labute approximate surface area is 230 Å². The highest BCUT2D eigenvalue weighted by atomic mass is 35.5. The topological polar surface area (TPSA) is 80.2 Å². The summed E-state index contributed by atoms with van der Waals surface area (Å²) in [6.07, 6.45) is -6.65. The zero-order valence-electron chi connectivity index (χ0n) is 19.6. The van der Waals surface area contributed by atoms with Crippen LogP contribution in [-0.2, 0) is 20.0 Å². The molecule has 0 saturated heterocycles. The van der Waals surface area contributed by atoms with Crippen LogP contribution in [0.25, 0.3) is 0 Å². The van der Waals surface area contributed by atoms with E-state index in [2.05, 4.69) is 10.6 Å². The number of ether oxygens (including phenoxy) is 1. The Morgan fingerprint density at radius 3 is 2.30 bits per heavy atom. The normalized spacial score (nSPS) is 17.6. The summed E-state index contributed by atoms with van der Waals surface area (Å²) < 4.78 is 47.7. The van der Waals surface area contributed by atoms with Crippen molar-refractivity contribution in [2.45, 2.75) is 32.0 Å². The van der Waals surface area contributed by atoms with Crippen molar-refractivity contribution < 1.29 is 32.3 Å². The minimum absolute atomic E-state index is 0.0126. The smallest absolute Gasteiger partial charge is 0.435 e. The maximum absolute atomic E-state index is 14.3. The third-order valence-corrected chi connectivity index (χ3v) is 6.98. The molecule has 0 aliphatic carbocycles. The lowest BCUT2D eigenvalue weighted by Crippen LogP contribution is -2.51. The molecule has 0 aromatic heterocycles. The quantitative estimate of drug-likeness (QED) is 0.293. The summed E-state index contributed by atoms with van der Waals surface area (Å²) in [7, 11) is 1.08. The average molecular weight is 601 g/mol. The van der Waals surface area contributed by atoms with Gasteiger partial charge in [-0.3, -0.25) is 10.2 Å². The fourth-order valence-corrected chi connectivity index (χ4v) is 4.17. The second kappa shape index (κ2) is 10.8. The molecule has 3 rings (SSSR count). The standard InChI is InChI=1S/C23H20Cl4F3N3O4/c1-21(2,11-24)19(34)31-33(20(35)36-3)18-6-12(4-5-16(18)27)17-10-22(37-32-17,23(28,29)30)13-7-14(25)9-15(26)8-13/h4-9H,10-11H2,1-3H3,(H,31,34). The van der Waals surface area contributed by atoms with Crippen molar-refractivity contribution in [2.75, 3.05) is 18.0 Å². The Balaban J connectivity index is 2.03. The number of nitrogens with zero attached hydrogens (tertiary/aromatic N) is 2. The van der Waals surface area contributed by atoms with E-state index >= 15 is 0 Å². The number of nitrogens with one attached hydrogen (secondary N) is 1. The van der Waals surface area contributed by atoms with Gasteiger partial charge in [-0.2, -0.15) is 18.2 Å². The van der Waals surface area contributed by atoms with E-state index in [0.29, 0.717) is 0 Å². The van der Waals surface area contributed by atoms with Gasteiger partial charge in [-0.25, -0.2) is 4.79 Å². The van der Waals surface area contributed by atoms with Gasteiger partial charge in [0.1, 0.15) is 0 Å². The van der Waals surface area contributed by atoms with Crippen molar-refractivity contribution in [3.8, 4) is 0 Å². The van der Waals surface area contributed by atoms with Crippen molar-refractivity contribution in [2.24, 2.45) is 10.6 Å². The molecule has 0 spiro atoms. The molecule has 0 saturated carbocycles. The summed E-state index contributed by atoms with van der Waals surface area (Å²) in [4.78, 5) is 30.2. The first-order chi connectivity index (χ1) is 17.1. The van der Waals surface area contributed by atoms with Crippen molar-refractivity contribution in [3.63, 3.8) is 0 Å². The summed E-state index contributed by atoms with van der Waals surface area (Å²) >= 11 is 24.0. The molecule has 0 bridgehead atoms. The van der Waals surface area contributed by atoms with Gasteiger partial charge >= 0.3 is 12.3 Å². The van der Waals surface area contributed by atoms with Crippen molar-refractivity contribution in [3.05, 3.63) is 62.6 Å². The second-order valence-electron chi connectivity index (χ2n) is 8.72. The number of rotatable bonds is 5. The lowest BCUT2D eigenvalue weighted by atomic mass is 9.86. The predicted octanol–water partition coefficient (Wildman–Crippen LogP) is 7.10. The van der Waals surface area contributed by atoms with E-state index in [1.807, 2.05) is 0 Å². The van der Waals surface area contributed by atoms with Crippen LogP contribution in [0.1, 0.15) is 31.4 Å². The van der Waals surface area contributed by atoms with E-state index in [4.69, 9.17) is 56.0 Å². The number of methoxy groups -OCH3 is 1. The van der Waals surface area contributed by atoms with Crippen LogP contribution in [0.4, 0.5) is 23.7 Å². The summed E-state index contributed by atoms with van der Waals surface area (Å²) in [5.74, 6) is -0.701. The molecule has 0 radical (unpaired) electrons. The van der Waals surface area contributed by atoms with Crippen molar-refractivity contribution in [1.82, 2.24) is 5.43 Å². The summed E-state index contributed by atoms with van der Waals surface area (Å²) in [6, 6.07) is 7.48. The Hall–Kier alpha value is -2.40. The van der Waals surface area contributed by atoms with Gasteiger partial charge in [0, 0.05) is 33.5 Å². The van der Waals surface area contributed by atoms with Crippen molar-refractivity contribution in [1.29, 1.82) is 0 Å². The average Bonchev–Trinajstić information content (AvgIpc) is 3.29. The Morgan fingerprint density at radius 1 is 1.14 bits per heavy atom. The predicted molar refractivity (Wildman–Crippen MR) is 135 cm³/mol. The molecule has 7 nitrogen and oxygen atoms in total. The summed E-state index contributed by atoms with van der Waals surface area (Å²) in [6.45, 7) is 3.10. The lowest BCUT2D eigenvalue weighted by Gasteiger charge is -2.30. The van der Waals surface area contributed by atoms with E-state index in [0.717, 1.165) is 24.3 Å². The number of amides is 2. The van der Waals surface area contributed by atoms with E-state index in [1.165, 1.54) is 24.3 Å². The van der Waals surface area contributed by atoms with E-state index in [1.54, 1.807) is 13.8 Å². The third-order valence-electron chi connectivity index (χ3n) is 5.55. The van der Waals surface area contributed by atoms with E-state index in [9.17, 15) is 22.8 Å². The molecule has 1 heterocycles. The molecule has 1 aliphatic heterocycles. The molecule has 200 valence electrons. The molecule has 14 heteroatoms. The van der Waals surface area contributed by atoms with Gasteiger partial charge in [0.2, 0.25) is 5.91 Å². The van der Waals surface area contributed by atoms with Crippen LogP contribution in [0.5, 0.6) is 0 Å². The van der Waals surface area contributed by atoms with Gasteiger partial charge < -0.3 is 9.57 Å². The van der Waals surface area contributed by atoms with Crippen LogP contribution in [0.3, 0.4) is 0 Å². The summed E-state index contributed by atoms with van der Waals surface area (Å²) in [5, 5.41) is 4.39. The Bertz CT molecular complexity index is 1240. The van der Waals surface area contributed by atoms with Gasteiger partial charge in [-0.15, -0.1) is 11.6 Å². The first-order valence-corrected chi connectivity index (χ1v) is 12.2. The number of alkyl halides is 4. The maximum Gasteiger partial charge on any atom is 0.435 e. The van der Waals surface area contributed by atoms with Gasteiger partial charge in [-0.1, -0.05) is 46.0 Å². The number of hydrazine groups is 1. The summed E-state index contributed by atoms with van der Waals surface area (Å²) in [5.41, 5.74) is -1.95. The van der Waals surface area contributed by atoms with Crippen LogP contribution in [0.2, 0.25) is 15.1 Å². The molecular formula is C23H20Cl4F3N3O4. The minimum Gasteiger partial charge on any atom is -0.451 e. The number of carbonyl (C=O) groups is 2. The first kappa shape index (κ1) is 29.2. The third kappa shape index (κ3) is 5.87. The SMILES string of the molecule is COC(=O)N(NC(=O)C(C)(C)CCl)c1cc(C2=NOC(c3cc(Cl)cc(Cl)c3)(C(F)(F)F)C2)ccc1Cl. The van der Waals surface area contributed by atoms with Gasteiger partial charge in [0.15, 0.2) is 0 Å². The Morgan fingerprint density at radius 2 is 1.76 bits per heavy atom. The van der Waals surface area contributed by atoms with Crippen LogP contribution in [-0.4, -0.2) is 36.9 Å². The highest BCUT2D eigenvalue weighted by molar-refractivity contribution is 6.35. The highest BCUT2D eigenvalue weighted by Gasteiger charge is 2.62. The molecule has 0 fully saturated rings. The molecule has 37 heavy (non-hydrogen) atoms. The molecule has 2 amide bonds. The maximum atomic E-state index is 14.3. The lowest BCUT2D eigenvalue weighted by molar-refractivity contribution is -0.275. The zero-order valence-corrected chi connectivity index (χ0v) is 22.6. The largest absolute Gasteiger partial charge is 0.451 e. The van der Waals surface area contributed by atoms with Crippen LogP contribution in [0, 0.1) is 5.41 Å². The van der Waals surface area contributed by atoms with Crippen molar-refractivity contribution >= 4 is 69.8 Å². The molecule has 1 N–H and O–H groups in total. The number of halogens is 7. The molecule has 1 unspecified atom stereocenters. The van der Waals surface area contributed by atoms with Crippen LogP contribution < -0.4 is 10.4 Å². The van der Waals surface area contributed by atoms with Gasteiger partial charge in [0.25, 0.3) is 5.60 Å². The monoisotopic (exact) mass is 599 g/mol. The number of hydrogen-bond donors (Lipinski definition) is 1. The molecule has 2 aromatic rings.